The zero-order valence-electron chi connectivity index (χ0n) is 12.7. The van der Waals surface area contributed by atoms with Gasteiger partial charge in [0.15, 0.2) is 0 Å². The Morgan fingerprint density at radius 3 is 3.00 bits per heavy atom. The van der Waals surface area contributed by atoms with Crippen molar-refractivity contribution >= 4 is 11.8 Å². The average molecular weight is 290 g/mol. The SMILES string of the molecule is CC1(C)CCN(C2CCNCc3ccccc32)CCS1. The van der Waals surface area contributed by atoms with Crippen LogP contribution in [0.3, 0.4) is 0 Å². The Morgan fingerprint density at radius 1 is 1.25 bits per heavy atom. The predicted octanol–water partition coefficient (Wildman–Crippen LogP) is 3.44. The maximum absolute atomic E-state index is 3.57. The molecule has 2 heterocycles. The van der Waals surface area contributed by atoms with E-state index in [-0.39, 0.29) is 0 Å². The second-order valence-electron chi connectivity index (χ2n) is 6.57. The molecule has 0 amide bonds. The van der Waals surface area contributed by atoms with E-state index in [0.717, 1.165) is 13.1 Å². The quantitative estimate of drug-likeness (QED) is 0.853. The van der Waals surface area contributed by atoms with E-state index in [1.807, 2.05) is 0 Å². The molecule has 20 heavy (non-hydrogen) atoms. The number of thioether (sulfide) groups is 1. The Hall–Kier alpha value is -0.510. The summed E-state index contributed by atoms with van der Waals surface area (Å²) in [5.41, 5.74) is 3.05. The highest BCUT2D eigenvalue weighted by Crippen LogP contribution is 2.35. The van der Waals surface area contributed by atoms with Gasteiger partial charge in [0.1, 0.15) is 0 Å². The smallest absolute Gasteiger partial charge is 0.0363 e. The van der Waals surface area contributed by atoms with E-state index in [1.165, 1.54) is 37.2 Å². The lowest BCUT2D eigenvalue weighted by Gasteiger charge is -2.31. The van der Waals surface area contributed by atoms with Crippen molar-refractivity contribution < 1.29 is 0 Å². The number of hydrogen-bond donors (Lipinski definition) is 1. The molecule has 1 atom stereocenters. The highest BCUT2D eigenvalue weighted by Gasteiger charge is 2.29. The van der Waals surface area contributed by atoms with Crippen molar-refractivity contribution in [2.24, 2.45) is 0 Å². The van der Waals surface area contributed by atoms with Crippen molar-refractivity contribution in [3.8, 4) is 0 Å². The van der Waals surface area contributed by atoms with Crippen molar-refractivity contribution in [1.82, 2.24) is 10.2 Å². The van der Waals surface area contributed by atoms with Gasteiger partial charge in [0.2, 0.25) is 0 Å². The van der Waals surface area contributed by atoms with E-state index in [9.17, 15) is 0 Å². The van der Waals surface area contributed by atoms with E-state index in [0.29, 0.717) is 10.8 Å². The lowest BCUT2D eigenvalue weighted by molar-refractivity contribution is 0.198. The van der Waals surface area contributed by atoms with E-state index in [4.69, 9.17) is 0 Å². The summed E-state index contributed by atoms with van der Waals surface area (Å²) in [6.07, 6.45) is 2.53. The third-order valence-electron chi connectivity index (χ3n) is 4.64. The zero-order chi connectivity index (χ0) is 14.0. The first-order valence-corrected chi connectivity index (χ1v) is 8.81. The lowest BCUT2D eigenvalue weighted by atomic mass is 9.97. The van der Waals surface area contributed by atoms with Gasteiger partial charge in [-0.15, -0.1) is 0 Å². The first kappa shape index (κ1) is 14.4. The summed E-state index contributed by atoms with van der Waals surface area (Å²) in [4.78, 5) is 2.73. The summed E-state index contributed by atoms with van der Waals surface area (Å²) < 4.78 is 0.442. The van der Waals surface area contributed by atoms with Gasteiger partial charge >= 0.3 is 0 Å². The number of benzene rings is 1. The van der Waals surface area contributed by atoms with Crippen LogP contribution in [0.5, 0.6) is 0 Å². The maximum atomic E-state index is 3.57. The fourth-order valence-corrected chi connectivity index (χ4v) is 4.48. The number of nitrogens with zero attached hydrogens (tertiary/aromatic N) is 1. The molecular formula is C17H26N2S. The largest absolute Gasteiger partial charge is 0.313 e. The number of nitrogens with one attached hydrogen (secondary N) is 1. The molecule has 2 aliphatic heterocycles. The van der Waals surface area contributed by atoms with Crippen LogP contribution in [0.25, 0.3) is 0 Å². The highest BCUT2D eigenvalue weighted by atomic mass is 32.2. The molecule has 3 heteroatoms. The Morgan fingerprint density at radius 2 is 2.10 bits per heavy atom. The zero-order valence-corrected chi connectivity index (χ0v) is 13.5. The minimum atomic E-state index is 0.442. The topological polar surface area (TPSA) is 15.3 Å². The molecule has 1 N–H and O–H groups in total. The summed E-state index contributed by atoms with van der Waals surface area (Å²) in [6.45, 7) is 9.41. The third-order valence-corrected chi connectivity index (χ3v) is 6.01. The Kier molecular flexibility index (Phi) is 4.39. The fraction of sp³-hybridized carbons (Fsp3) is 0.647. The minimum absolute atomic E-state index is 0.442. The van der Waals surface area contributed by atoms with Gasteiger partial charge in [-0.25, -0.2) is 0 Å². The number of hydrogen-bond acceptors (Lipinski definition) is 3. The van der Waals surface area contributed by atoms with Crippen LogP contribution in [-0.4, -0.2) is 35.0 Å². The Labute approximate surface area is 127 Å². The van der Waals surface area contributed by atoms with Crippen LogP contribution >= 0.6 is 11.8 Å². The van der Waals surface area contributed by atoms with Crippen molar-refractivity contribution in [2.45, 2.75) is 44.0 Å². The second-order valence-corrected chi connectivity index (χ2v) is 8.38. The molecule has 0 radical (unpaired) electrons. The van der Waals surface area contributed by atoms with Crippen molar-refractivity contribution in [1.29, 1.82) is 0 Å². The molecule has 1 aromatic rings. The molecule has 1 fully saturated rings. The lowest BCUT2D eigenvalue weighted by Crippen LogP contribution is -2.32. The van der Waals surface area contributed by atoms with Gasteiger partial charge in [-0.2, -0.15) is 11.8 Å². The monoisotopic (exact) mass is 290 g/mol. The van der Waals surface area contributed by atoms with Gasteiger partial charge in [0.05, 0.1) is 0 Å². The molecular weight excluding hydrogens is 264 g/mol. The molecule has 110 valence electrons. The molecule has 0 spiro atoms. The summed E-state index contributed by atoms with van der Waals surface area (Å²) in [5, 5.41) is 3.57. The number of rotatable bonds is 1. The summed E-state index contributed by atoms with van der Waals surface area (Å²) in [6, 6.07) is 9.61. The first-order chi connectivity index (χ1) is 9.66. The van der Waals surface area contributed by atoms with Crippen LogP contribution in [0, 0.1) is 0 Å². The molecule has 0 saturated carbocycles. The summed E-state index contributed by atoms with van der Waals surface area (Å²) in [5.74, 6) is 1.26. The minimum Gasteiger partial charge on any atom is -0.313 e. The van der Waals surface area contributed by atoms with Gasteiger partial charge in [0.25, 0.3) is 0 Å². The van der Waals surface area contributed by atoms with E-state index in [2.05, 4.69) is 60.1 Å². The van der Waals surface area contributed by atoms with Crippen molar-refractivity contribution in [3.63, 3.8) is 0 Å². The molecule has 2 nitrogen and oxygen atoms in total. The van der Waals surface area contributed by atoms with Crippen molar-refractivity contribution in [3.05, 3.63) is 35.4 Å². The molecule has 2 aliphatic rings. The predicted molar refractivity (Wildman–Crippen MR) is 88.2 cm³/mol. The molecule has 1 aromatic carbocycles. The van der Waals surface area contributed by atoms with Crippen LogP contribution in [-0.2, 0) is 6.54 Å². The maximum Gasteiger partial charge on any atom is 0.0363 e. The average Bonchev–Trinajstić information content (AvgIpc) is 2.74. The molecule has 0 bridgehead atoms. The standard InChI is InChI=1S/C17H26N2S/c1-17(2)8-10-19(11-12-20-17)16-7-9-18-13-14-5-3-4-6-15(14)16/h3-6,16,18H,7-13H2,1-2H3. The first-order valence-electron chi connectivity index (χ1n) is 7.82. The van der Waals surface area contributed by atoms with E-state index < -0.39 is 0 Å². The van der Waals surface area contributed by atoms with Gasteiger partial charge in [-0.3, -0.25) is 4.90 Å². The van der Waals surface area contributed by atoms with Crippen LogP contribution in [0.1, 0.15) is 43.9 Å². The van der Waals surface area contributed by atoms with E-state index >= 15 is 0 Å². The fourth-order valence-electron chi connectivity index (χ4n) is 3.36. The third kappa shape index (κ3) is 3.21. The molecule has 1 saturated heterocycles. The van der Waals surface area contributed by atoms with Crippen LogP contribution in [0.15, 0.2) is 24.3 Å². The molecule has 3 rings (SSSR count). The van der Waals surface area contributed by atoms with Gasteiger partial charge < -0.3 is 5.32 Å². The summed E-state index contributed by atoms with van der Waals surface area (Å²) >= 11 is 2.14. The van der Waals surface area contributed by atoms with Gasteiger partial charge in [-0.05, 0) is 30.5 Å². The van der Waals surface area contributed by atoms with Crippen LogP contribution in [0.4, 0.5) is 0 Å². The molecule has 1 unspecified atom stereocenters. The van der Waals surface area contributed by atoms with E-state index in [1.54, 1.807) is 5.56 Å². The Bertz CT molecular complexity index is 458. The molecule has 0 aromatic heterocycles. The highest BCUT2D eigenvalue weighted by molar-refractivity contribution is 8.00. The van der Waals surface area contributed by atoms with Crippen LogP contribution < -0.4 is 5.32 Å². The number of fused-ring (bicyclic) bond motifs is 1. The van der Waals surface area contributed by atoms with Gasteiger partial charge in [-0.1, -0.05) is 38.1 Å². The van der Waals surface area contributed by atoms with Gasteiger partial charge in [0, 0.05) is 36.2 Å². The van der Waals surface area contributed by atoms with Crippen LogP contribution in [0.2, 0.25) is 0 Å². The summed E-state index contributed by atoms with van der Waals surface area (Å²) in [7, 11) is 0. The molecule has 0 aliphatic carbocycles. The second kappa shape index (κ2) is 6.08. The van der Waals surface area contributed by atoms with Crippen molar-refractivity contribution in [2.75, 3.05) is 25.4 Å². The normalized spacial score (nSPS) is 27.4. The Balaban J connectivity index is 1.82.